The van der Waals surface area contributed by atoms with Gasteiger partial charge in [-0.25, -0.2) is 0 Å². The summed E-state index contributed by atoms with van der Waals surface area (Å²) in [6.07, 6.45) is 6.12. The molecule has 1 aliphatic heterocycles. The fourth-order valence-corrected chi connectivity index (χ4v) is 2.91. The highest BCUT2D eigenvalue weighted by Gasteiger charge is 2.16. The zero-order valence-corrected chi connectivity index (χ0v) is 13.6. The van der Waals surface area contributed by atoms with E-state index in [0.29, 0.717) is 6.54 Å². The second kappa shape index (κ2) is 8.40. The van der Waals surface area contributed by atoms with Crippen LogP contribution in [0.2, 0.25) is 5.02 Å². The van der Waals surface area contributed by atoms with Gasteiger partial charge in [-0.2, -0.15) is 0 Å². The molecule has 0 radical (unpaired) electrons. The van der Waals surface area contributed by atoms with Gasteiger partial charge < -0.3 is 4.90 Å². The maximum Gasteiger partial charge on any atom is 0.236 e. The highest BCUT2D eigenvalue weighted by atomic mass is 35.5. The first-order valence-electron chi connectivity index (χ1n) is 7.86. The van der Waals surface area contributed by atoms with E-state index in [0.717, 1.165) is 37.5 Å². The molecule has 0 aromatic heterocycles. The number of rotatable bonds is 4. The predicted molar refractivity (Wildman–Crippen MR) is 87.5 cm³/mol. The Hall–Kier alpha value is -1.06. The molecule has 116 valence electrons. The van der Waals surface area contributed by atoms with Crippen molar-refractivity contribution in [3.05, 3.63) is 34.9 Å². The molecule has 0 unspecified atom stereocenters. The van der Waals surface area contributed by atoms with Gasteiger partial charge in [0.05, 0.1) is 6.54 Å². The van der Waals surface area contributed by atoms with Gasteiger partial charge in [-0.1, -0.05) is 43.0 Å². The Morgan fingerprint density at radius 1 is 1.10 bits per heavy atom. The van der Waals surface area contributed by atoms with Gasteiger partial charge in [0.15, 0.2) is 0 Å². The minimum absolute atomic E-state index is 0.258. The lowest BCUT2D eigenvalue weighted by atomic mass is 10.1. The lowest BCUT2D eigenvalue weighted by molar-refractivity contribution is -0.132. The van der Waals surface area contributed by atoms with Crippen molar-refractivity contribution in [2.24, 2.45) is 0 Å². The molecule has 3 nitrogen and oxygen atoms in total. The molecule has 1 aliphatic rings. The highest BCUT2D eigenvalue weighted by Crippen LogP contribution is 2.13. The lowest BCUT2D eigenvalue weighted by Crippen LogP contribution is -2.40. The number of hydrogen-bond acceptors (Lipinski definition) is 2. The lowest BCUT2D eigenvalue weighted by Gasteiger charge is -2.27. The summed E-state index contributed by atoms with van der Waals surface area (Å²) in [5.41, 5.74) is 1.18. The normalized spacial score (nSPS) is 16.6. The van der Waals surface area contributed by atoms with Crippen LogP contribution in [0, 0.1) is 0 Å². The molecule has 0 spiro atoms. The van der Waals surface area contributed by atoms with Crippen molar-refractivity contribution in [1.29, 1.82) is 0 Å². The molecule has 1 fully saturated rings. The van der Waals surface area contributed by atoms with E-state index in [9.17, 15) is 4.79 Å². The van der Waals surface area contributed by atoms with Gasteiger partial charge in [0.2, 0.25) is 5.91 Å². The van der Waals surface area contributed by atoms with E-state index >= 15 is 0 Å². The summed E-state index contributed by atoms with van der Waals surface area (Å²) in [6, 6.07) is 7.81. The molecular formula is C17H25ClN2O. The molecule has 0 N–H and O–H groups in total. The summed E-state index contributed by atoms with van der Waals surface area (Å²) in [5.74, 6) is 0.258. The number of carbonyl (C=O) groups excluding carboxylic acids is 1. The Morgan fingerprint density at radius 3 is 2.29 bits per heavy atom. The molecule has 0 atom stereocenters. The van der Waals surface area contributed by atoms with Crippen molar-refractivity contribution in [3.63, 3.8) is 0 Å². The molecule has 1 amide bonds. The summed E-state index contributed by atoms with van der Waals surface area (Å²) >= 11 is 5.89. The molecule has 4 heteroatoms. The van der Waals surface area contributed by atoms with Gasteiger partial charge in [0.25, 0.3) is 0 Å². The third-order valence-electron chi connectivity index (χ3n) is 3.98. The van der Waals surface area contributed by atoms with Crippen LogP contribution in [0.5, 0.6) is 0 Å². The number of hydrogen-bond donors (Lipinski definition) is 0. The van der Waals surface area contributed by atoms with Crippen LogP contribution >= 0.6 is 11.6 Å². The number of likely N-dealkylation sites (tertiary alicyclic amines) is 1. The first-order valence-corrected chi connectivity index (χ1v) is 8.24. The van der Waals surface area contributed by atoms with Gasteiger partial charge >= 0.3 is 0 Å². The summed E-state index contributed by atoms with van der Waals surface area (Å²) in [4.78, 5) is 16.5. The smallest absolute Gasteiger partial charge is 0.236 e. The van der Waals surface area contributed by atoms with E-state index in [2.05, 4.69) is 4.90 Å². The minimum Gasteiger partial charge on any atom is -0.342 e. The van der Waals surface area contributed by atoms with Crippen LogP contribution in [-0.2, 0) is 11.3 Å². The number of halogens is 1. The summed E-state index contributed by atoms with van der Waals surface area (Å²) in [5, 5.41) is 0.748. The maximum absolute atomic E-state index is 12.4. The third kappa shape index (κ3) is 5.68. The van der Waals surface area contributed by atoms with E-state index < -0.39 is 0 Å². The van der Waals surface area contributed by atoms with Crippen molar-refractivity contribution in [1.82, 2.24) is 9.80 Å². The number of benzene rings is 1. The molecule has 0 aliphatic carbocycles. The number of carbonyl (C=O) groups is 1. The van der Waals surface area contributed by atoms with Crippen molar-refractivity contribution < 1.29 is 4.79 Å². The molecule has 2 rings (SSSR count). The van der Waals surface area contributed by atoms with Gasteiger partial charge in [0, 0.05) is 24.7 Å². The second-order valence-corrected chi connectivity index (χ2v) is 6.38. The Kier molecular flexibility index (Phi) is 6.52. The van der Waals surface area contributed by atoms with E-state index in [4.69, 9.17) is 11.6 Å². The number of amides is 1. The standard InChI is InChI=1S/C17H25ClN2O/c1-19(13-15-7-9-16(18)10-8-15)14-17(21)20-11-5-3-2-4-6-12-20/h7-10H,2-6,11-14H2,1H3. The largest absolute Gasteiger partial charge is 0.342 e. The van der Waals surface area contributed by atoms with E-state index in [-0.39, 0.29) is 5.91 Å². The first kappa shape index (κ1) is 16.3. The van der Waals surface area contributed by atoms with Gasteiger partial charge in [0.1, 0.15) is 0 Å². The average Bonchev–Trinajstić information content (AvgIpc) is 2.40. The highest BCUT2D eigenvalue weighted by molar-refractivity contribution is 6.30. The molecule has 0 bridgehead atoms. The quantitative estimate of drug-likeness (QED) is 0.849. The van der Waals surface area contributed by atoms with Crippen LogP contribution in [0.1, 0.15) is 37.7 Å². The monoisotopic (exact) mass is 308 g/mol. The van der Waals surface area contributed by atoms with Crippen LogP contribution in [0.25, 0.3) is 0 Å². The fourth-order valence-electron chi connectivity index (χ4n) is 2.79. The molecule has 1 heterocycles. The summed E-state index contributed by atoms with van der Waals surface area (Å²) in [6.45, 7) is 3.11. The summed E-state index contributed by atoms with van der Waals surface area (Å²) < 4.78 is 0. The van der Waals surface area contributed by atoms with Crippen molar-refractivity contribution in [2.75, 3.05) is 26.7 Å². The molecule has 0 saturated carbocycles. The van der Waals surface area contributed by atoms with Crippen molar-refractivity contribution >= 4 is 17.5 Å². The van der Waals surface area contributed by atoms with E-state index in [1.807, 2.05) is 36.2 Å². The Balaban J connectivity index is 1.81. The third-order valence-corrected chi connectivity index (χ3v) is 4.23. The molecule has 1 aromatic carbocycles. The fraction of sp³-hybridized carbons (Fsp3) is 0.588. The number of nitrogens with zero attached hydrogens (tertiary/aromatic N) is 2. The first-order chi connectivity index (χ1) is 10.1. The maximum atomic E-state index is 12.4. The van der Waals surface area contributed by atoms with Gasteiger partial charge in [-0.15, -0.1) is 0 Å². The zero-order chi connectivity index (χ0) is 15.1. The van der Waals surface area contributed by atoms with Gasteiger partial charge in [-0.3, -0.25) is 9.69 Å². The molecule has 1 aromatic rings. The van der Waals surface area contributed by atoms with Crippen LogP contribution in [0.3, 0.4) is 0 Å². The van der Waals surface area contributed by atoms with Crippen molar-refractivity contribution in [2.45, 2.75) is 38.6 Å². The Labute approximate surface area is 132 Å². The van der Waals surface area contributed by atoms with Crippen LogP contribution in [0.4, 0.5) is 0 Å². The Morgan fingerprint density at radius 2 is 1.67 bits per heavy atom. The van der Waals surface area contributed by atoms with Crippen LogP contribution in [0.15, 0.2) is 24.3 Å². The SMILES string of the molecule is CN(CC(=O)N1CCCCCCC1)Cc1ccc(Cl)cc1. The number of likely N-dealkylation sites (N-methyl/N-ethyl adjacent to an activating group) is 1. The topological polar surface area (TPSA) is 23.6 Å². The summed E-state index contributed by atoms with van der Waals surface area (Å²) in [7, 11) is 2.00. The predicted octanol–water partition coefficient (Wildman–Crippen LogP) is 3.56. The Bertz CT molecular complexity index is 439. The van der Waals surface area contributed by atoms with Gasteiger partial charge in [-0.05, 0) is 37.6 Å². The second-order valence-electron chi connectivity index (χ2n) is 5.95. The average molecular weight is 309 g/mol. The zero-order valence-electron chi connectivity index (χ0n) is 12.9. The van der Waals surface area contributed by atoms with E-state index in [1.165, 1.54) is 24.8 Å². The van der Waals surface area contributed by atoms with Crippen LogP contribution in [-0.4, -0.2) is 42.4 Å². The van der Waals surface area contributed by atoms with Crippen molar-refractivity contribution in [3.8, 4) is 0 Å². The molecule has 21 heavy (non-hydrogen) atoms. The minimum atomic E-state index is 0.258. The molecule has 1 saturated heterocycles. The molecular weight excluding hydrogens is 284 g/mol. The van der Waals surface area contributed by atoms with E-state index in [1.54, 1.807) is 0 Å². The van der Waals surface area contributed by atoms with Crippen LogP contribution < -0.4 is 0 Å².